The fourth-order valence-corrected chi connectivity index (χ4v) is 2.05. The maximum atomic E-state index is 12.0. The van der Waals surface area contributed by atoms with Crippen LogP contribution in [0.4, 0.5) is 5.69 Å². The van der Waals surface area contributed by atoms with Crippen molar-refractivity contribution in [1.82, 2.24) is 10.6 Å². The Bertz CT molecular complexity index is 456. The third-order valence-electron chi connectivity index (χ3n) is 3.02. The van der Waals surface area contributed by atoms with Crippen molar-refractivity contribution in [2.75, 3.05) is 13.1 Å². The maximum Gasteiger partial charge on any atom is 0.282 e. The van der Waals surface area contributed by atoms with Gasteiger partial charge in [-0.25, -0.2) is 0 Å². The van der Waals surface area contributed by atoms with E-state index in [0.29, 0.717) is 0 Å². The zero-order valence-electron chi connectivity index (χ0n) is 9.89. The molecular weight excluding hydrogens is 234 g/mol. The molecule has 0 aromatic heterocycles. The number of para-hydroxylation sites is 1. The number of benzene rings is 1. The molecule has 0 saturated carbocycles. The Balaban J connectivity index is 2.10. The number of nitro groups is 1. The summed E-state index contributed by atoms with van der Waals surface area (Å²) in [4.78, 5) is 22.3. The highest BCUT2D eigenvalue weighted by Gasteiger charge is 2.22. The van der Waals surface area contributed by atoms with Crippen LogP contribution in [0.15, 0.2) is 24.3 Å². The van der Waals surface area contributed by atoms with Crippen molar-refractivity contribution in [1.29, 1.82) is 0 Å². The van der Waals surface area contributed by atoms with Gasteiger partial charge in [0, 0.05) is 12.1 Å². The molecule has 18 heavy (non-hydrogen) atoms. The van der Waals surface area contributed by atoms with Crippen molar-refractivity contribution in [3.8, 4) is 0 Å². The molecule has 0 spiro atoms. The first kappa shape index (κ1) is 12.5. The molecule has 0 unspecified atom stereocenters. The van der Waals surface area contributed by atoms with E-state index in [2.05, 4.69) is 10.6 Å². The van der Waals surface area contributed by atoms with Crippen LogP contribution in [-0.4, -0.2) is 30.0 Å². The van der Waals surface area contributed by atoms with Crippen LogP contribution in [0.1, 0.15) is 23.2 Å². The summed E-state index contributed by atoms with van der Waals surface area (Å²) < 4.78 is 0. The van der Waals surface area contributed by atoms with E-state index in [0.717, 1.165) is 25.9 Å². The molecule has 1 aromatic carbocycles. The van der Waals surface area contributed by atoms with Crippen LogP contribution >= 0.6 is 0 Å². The van der Waals surface area contributed by atoms with E-state index in [-0.39, 0.29) is 23.2 Å². The van der Waals surface area contributed by atoms with Gasteiger partial charge in [0.15, 0.2) is 0 Å². The molecule has 1 amide bonds. The first-order valence-corrected chi connectivity index (χ1v) is 5.93. The van der Waals surface area contributed by atoms with Gasteiger partial charge in [0.2, 0.25) is 0 Å². The highest BCUT2D eigenvalue weighted by atomic mass is 16.6. The molecule has 0 aliphatic carbocycles. The van der Waals surface area contributed by atoms with E-state index >= 15 is 0 Å². The van der Waals surface area contributed by atoms with Gasteiger partial charge in [0.25, 0.3) is 11.6 Å². The molecule has 0 atom stereocenters. The van der Waals surface area contributed by atoms with E-state index in [1.807, 2.05) is 0 Å². The van der Waals surface area contributed by atoms with Crippen LogP contribution in [0.25, 0.3) is 0 Å². The minimum absolute atomic E-state index is 0.0959. The Kier molecular flexibility index (Phi) is 3.88. The van der Waals surface area contributed by atoms with Gasteiger partial charge in [-0.2, -0.15) is 0 Å². The second-order valence-corrected chi connectivity index (χ2v) is 4.27. The molecular formula is C12H15N3O3. The standard InChI is InChI=1S/C12H15N3O3/c16-12(14-9-5-7-13-8-6-9)10-3-1-2-4-11(10)15(17)18/h1-4,9,13H,5-8H2,(H,14,16). The van der Waals surface area contributed by atoms with Gasteiger partial charge in [-0.3, -0.25) is 14.9 Å². The van der Waals surface area contributed by atoms with E-state index in [9.17, 15) is 14.9 Å². The summed E-state index contributed by atoms with van der Waals surface area (Å²) in [6.07, 6.45) is 1.71. The van der Waals surface area contributed by atoms with Crippen LogP contribution in [0.5, 0.6) is 0 Å². The minimum atomic E-state index is -0.530. The first-order chi connectivity index (χ1) is 8.68. The fourth-order valence-electron chi connectivity index (χ4n) is 2.05. The number of rotatable bonds is 3. The summed E-state index contributed by atoms with van der Waals surface area (Å²) in [6, 6.07) is 6.11. The molecule has 96 valence electrons. The Morgan fingerprint density at radius 2 is 2.00 bits per heavy atom. The maximum absolute atomic E-state index is 12.0. The first-order valence-electron chi connectivity index (χ1n) is 5.93. The highest BCUT2D eigenvalue weighted by Crippen LogP contribution is 2.18. The third kappa shape index (κ3) is 2.84. The summed E-state index contributed by atoms with van der Waals surface area (Å²) in [5.41, 5.74) is -0.0232. The number of hydrogen-bond donors (Lipinski definition) is 2. The van der Waals surface area contributed by atoms with Gasteiger partial charge in [0.1, 0.15) is 5.56 Å². The quantitative estimate of drug-likeness (QED) is 0.620. The molecule has 0 radical (unpaired) electrons. The van der Waals surface area contributed by atoms with Crippen LogP contribution in [-0.2, 0) is 0 Å². The third-order valence-corrected chi connectivity index (χ3v) is 3.02. The lowest BCUT2D eigenvalue weighted by molar-refractivity contribution is -0.385. The van der Waals surface area contributed by atoms with Gasteiger partial charge in [0.05, 0.1) is 4.92 Å². The molecule has 6 nitrogen and oxygen atoms in total. The SMILES string of the molecule is O=C(NC1CCNCC1)c1ccccc1[N+](=O)[O-]. The average Bonchev–Trinajstić information content (AvgIpc) is 2.40. The van der Waals surface area contributed by atoms with Gasteiger partial charge in [-0.05, 0) is 32.0 Å². The number of amides is 1. The molecule has 1 heterocycles. The van der Waals surface area contributed by atoms with Crippen LogP contribution in [0.3, 0.4) is 0 Å². The molecule has 0 bridgehead atoms. The smallest absolute Gasteiger partial charge is 0.282 e. The Hall–Kier alpha value is -1.95. The summed E-state index contributed by atoms with van der Waals surface area (Å²) >= 11 is 0. The van der Waals surface area contributed by atoms with Crippen molar-refractivity contribution in [2.45, 2.75) is 18.9 Å². The largest absolute Gasteiger partial charge is 0.349 e. The summed E-state index contributed by atoms with van der Waals surface area (Å²) in [5.74, 6) is -0.366. The molecule has 6 heteroatoms. The van der Waals surface area contributed by atoms with Gasteiger partial charge in [-0.1, -0.05) is 12.1 Å². The summed E-state index contributed by atoms with van der Waals surface area (Å²) in [6.45, 7) is 1.73. The zero-order chi connectivity index (χ0) is 13.0. The average molecular weight is 249 g/mol. The Morgan fingerprint density at radius 3 is 2.67 bits per heavy atom. The van der Waals surface area contributed by atoms with E-state index in [4.69, 9.17) is 0 Å². The zero-order valence-corrected chi connectivity index (χ0v) is 9.89. The molecule has 1 aliphatic heterocycles. The second-order valence-electron chi connectivity index (χ2n) is 4.27. The highest BCUT2D eigenvalue weighted by molar-refractivity contribution is 5.98. The number of piperidine rings is 1. The normalized spacial score (nSPS) is 16.2. The van der Waals surface area contributed by atoms with Crippen molar-refractivity contribution >= 4 is 11.6 Å². The number of carbonyl (C=O) groups excluding carboxylic acids is 1. The molecule has 1 aliphatic rings. The number of carbonyl (C=O) groups is 1. The topological polar surface area (TPSA) is 84.3 Å². The van der Waals surface area contributed by atoms with E-state index in [1.54, 1.807) is 12.1 Å². The summed E-state index contributed by atoms with van der Waals surface area (Å²) in [5, 5.41) is 16.9. The molecule has 1 saturated heterocycles. The van der Waals surface area contributed by atoms with Crippen molar-refractivity contribution in [3.05, 3.63) is 39.9 Å². The second kappa shape index (κ2) is 5.59. The monoisotopic (exact) mass is 249 g/mol. The van der Waals surface area contributed by atoms with Crippen LogP contribution in [0.2, 0.25) is 0 Å². The van der Waals surface area contributed by atoms with Gasteiger partial charge >= 0.3 is 0 Å². The van der Waals surface area contributed by atoms with Crippen molar-refractivity contribution < 1.29 is 9.72 Å². The molecule has 2 rings (SSSR count). The Morgan fingerprint density at radius 1 is 1.33 bits per heavy atom. The predicted molar refractivity (Wildman–Crippen MR) is 66.5 cm³/mol. The molecule has 1 fully saturated rings. The molecule has 2 N–H and O–H groups in total. The number of nitrogens with zero attached hydrogens (tertiary/aromatic N) is 1. The Labute approximate surface area is 105 Å². The number of nitro benzene ring substituents is 1. The van der Waals surface area contributed by atoms with Gasteiger partial charge < -0.3 is 10.6 Å². The van der Waals surface area contributed by atoms with Crippen molar-refractivity contribution in [3.63, 3.8) is 0 Å². The van der Waals surface area contributed by atoms with E-state index < -0.39 is 4.92 Å². The summed E-state index contributed by atoms with van der Waals surface area (Å²) in [7, 11) is 0. The number of hydrogen-bond acceptors (Lipinski definition) is 4. The fraction of sp³-hybridized carbons (Fsp3) is 0.417. The predicted octanol–water partition coefficient (Wildman–Crippen LogP) is 1.08. The molecule has 1 aromatic rings. The lowest BCUT2D eigenvalue weighted by Crippen LogP contribution is -2.42. The lowest BCUT2D eigenvalue weighted by Gasteiger charge is -2.23. The van der Waals surface area contributed by atoms with Crippen LogP contribution in [0, 0.1) is 10.1 Å². The van der Waals surface area contributed by atoms with Crippen LogP contribution < -0.4 is 10.6 Å². The van der Waals surface area contributed by atoms with Crippen molar-refractivity contribution in [2.24, 2.45) is 0 Å². The lowest BCUT2D eigenvalue weighted by atomic mass is 10.1. The van der Waals surface area contributed by atoms with E-state index in [1.165, 1.54) is 12.1 Å². The minimum Gasteiger partial charge on any atom is -0.349 e. The van der Waals surface area contributed by atoms with Gasteiger partial charge in [-0.15, -0.1) is 0 Å². The number of nitrogens with one attached hydrogen (secondary N) is 2.